The number of alkyl carbamates (subject to hydrolysis) is 1. The normalized spacial score (nSPS) is 31.0. The molecule has 1 aliphatic carbocycles. The summed E-state index contributed by atoms with van der Waals surface area (Å²) >= 11 is 6.41. The van der Waals surface area contributed by atoms with Gasteiger partial charge >= 0.3 is 6.09 Å². The smallest absolute Gasteiger partial charge is 0.412 e. The summed E-state index contributed by atoms with van der Waals surface area (Å²) in [5.74, 6) is 0.333. The number of hydrogen-bond acceptors (Lipinski definition) is 2. The van der Waals surface area contributed by atoms with Gasteiger partial charge in [0.1, 0.15) is 6.10 Å². The van der Waals surface area contributed by atoms with Gasteiger partial charge in [0.05, 0.1) is 5.70 Å². The van der Waals surface area contributed by atoms with Gasteiger partial charge in [-0.3, -0.25) is 5.32 Å². The summed E-state index contributed by atoms with van der Waals surface area (Å²) in [4.78, 5) is 11.5. The summed E-state index contributed by atoms with van der Waals surface area (Å²) in [6.07, 6.45) is 6.75. The Labute approximate surface area is 113 Å². The van der Waals surface area contributed by atoms with Gasteiger partial charge in [0, 0.05) is 11.0 Å². The first-order valence-electron chi connectivity index (χ1n) is 6.42. The molecule has 2 unspecified atom stereocenters. The number of hydrogen-bond donors (Lipinski definition) is 1. The van der Waals surface area contributed by atoms with Crippen molar-refractivity contribution >= 4 is 17.7 Å². The highest BCUT2D eigenvalue weighted by Gasteiger charge is 2.38. The Bertz CT molecular complexity index is 407. The zero-order chi connectivity index (χ0) is 13.3. The molecule has 2 atom stereocenters. The van der Waals surface area contributed by atoms with E-state index >= 15 is 0 Å². The maximum absolute atomic E-state index is 11.5. The van der Waals surface area contributed by atoms with Crippen LogP contribution >= 0.6 is 11.6 Å². The SMILES string of the molecule is CC(C)(C)/C(Cl)=C1/NC(=O)OC1C1CC=CCC1. The Kier molecular flexibility index (Phi) is 3.71. The summed E-state index contributed by atoms with van der Waals surface area (Å²) in [5.41, 5.74) is 0.579. The lowest BCUT2D eigenvalue weighted by Crippen LogP contribution is -2.26. The molecule has 0 saturated carbocycles. The van der Waals surface area contributed by atoms with Crippen molar-refractivity contribution in [2.45, 2.75) is 46.1 Å². The Balaban J connectivity index is 2.28. The predicted octanol–water partition coefficient (Wildman–Crippen LogP) is 3.95. The molecule has 0 bridgehead atoms. The Morgan fingerprint density at radius 3 is 2.72 bits per heavy atom. The summed E-state index contributed by atoms with van der Waals surface area (Å²) in [7, 11) is 0. The van der Waals surface area contributed by atoms with Crippen LogP contribution in [-0.4, -0.2) is 12.2 Å². The van der Waals surface area contributed by atoms with Gasteiger partial charge in [-0.2, -0.15) is 0 Å². The highest BCUT2D eigenvalue weighted by atomic mass is 35.5. The lowest BCUT2D eigenvalue weighted by molar-refractivity contribution is 0.109. The van der Waals surface area contributed by atoms with Gasteiger partial charge in [-0.15, -0.1) is 0 Å². The van der Waals surface area contributed by atoms with Crippen molar-refractivity contribution < 1.29 is 9.53 Å². The largest absolute Gasteiger partial charge is 0.439 e. The van der Waals surface area contributed by atoms with Gasteiger partial charge in [0.15, 0.2) is 0 Å². The molecule has 1 saturated heterocycles. The molecule has 0 radical (unpaired) electrons. The zero-order valence-corrected chi connectivity index (χ0v) is 11.9. The number of carbonyl (C=O) groups is 1. The molecule has 1 heterocycles. The van der Waals surface area contributed by atoms with Crippen LogP contribution in [0, 0.1) is 11.3 Å². The van der Waals surface area contributed by atoms with Crippen LogP contribution in [0.15, 0.2) is 22.9 Å². The van der Waals surface area contributed by atoms with Crippen LogP contribution in [-0.2, 0) is 4.74 Å². The van der Waals surface area contributed by atoms with Crippen molar-refractivity contribution in [3.05, 3.63) is 22.9 Å². The first kappa shape index (κ1) is 13.5. The van der Waals surface area contributed by atoms with Gasteiger partial charge in [-0.1, -0.05) is 44.5 Å². The average molecular weight is 270 g/mol. The van der Waals surface area contributed by atoms with Gasteiger partial charge < -0.3 is 4.74 Å². The van der Waals surface area contributed by atoms with Crippen LogP contribution in [0.4, 0.5) is 4.79 Å². The van der Waals surface area contributed by atoms with E-state index in [1.54, 1.807) is 0 Å². The maximum atomic E-state index is 11.5. The fourth-order valence-electron chi connectivity index (χ4n) is 2.39. The number of nitrogens with one attached hydrogen (secondary N) is 1. The van der Waals surface area contributed by atoms with Crippen LogP contribution in [0.2, 0.25) is 0 Å². The first-order valence-corrected chi connectivity index (χ1v) is 6.80. The average Bonchev–Trinajstić information content (AvgIpc) is 2.70. The van der Waals surface area contributed by atoms with Gasteiger partial charge in [-0.25, -0.2) is 4.79 Å². The molecule has 100 valence electrons. The molecule has 0 aromatic carbocycles. The third kappa shape index (κ3) is 2.72. The topological polar surface area (TPSA) is 38.3 Å². The van der Waals surface area contributed by atoms with Crippen molar-refractivity contribution in [1.29, 1.82) is 0 Å². The molecule has 0 spiro atoms. The summed E-state index contributed by atoms with van der Waals surface area (Å²) in [6, 6.07) is 0. The highest BCUT2D eigenvalue weighted by Crippen LogP contribution is 2.38. The molecule has 4 heteroatoms. The van der Waals surface area contributed by atoms with E-state index in [1.165, 1.54) is 0 Å². The molecule has 18 heavy (non-hydrogen) atoms. The fourth-order valence-corrected chi connectivity index (χ4v) is 2.55. The van der Waals surface area contributed by atoms with E-state index < -0.39 is 0 Å². The molecule has 0 aromatic rings. The van der Waals surface area contributed by atoms with Gasteiger partial charge in [0.25, 0.3) is 0 Å². The van der Waals surface area contributed by atoms with Crippen molar-refractivity contribution in [3.63, 3.8) is 0 Å². The second-order valence-electron chi connectivity index (χ2n) is 5.97. The molecular weight excluding hydrogens is 250 g/mol. The number of amides is 1. The molecule has 1 N–H and O–H groups in total. The lowest BCUT2D eigenvalue weighted by atomic mass is 9.85. The molecule has 1 amide bonds. The van der Waals surface area contributed by atoms with Crippen LogP contribution in [0.3, 0.4) is 0 Å². The molecule has 3 nitrogen and oxygen atoms in total. The Morgan fingerprint density at radius 2 is 2.17 bits per heavy atom. The zero-order valence-electron chi connectivity index (χ0n) is 11.1. The van der Waals surface area contributed by atoms with Gasteiger partial charge in [-0.05, 0) is 24.7 Å². The van der Waals surface area contributed by atoms with E-state index in [2.05, 4.69) is 17.5 Å². The summed E-state index contributed by atoms with van der Waals surface area (Å²) in [6.45, 7) is 6.10. The van der Waals surface area contributed by atoms with Crippen molar-refractivity contribution in [1.82, 2.24) is 5.32 Å². The van der Waals surface area contributed by atoms with E-state index in [0.717, 1.165) is 25.0 Å². The van der Waals surface area contributed by atoms with Crippen LogP contribution in [0.1, 0.15) is 40.0 Å². The molecule has 2 aliphatic rings. The number of cyclic esters (lactones) is 1. The van der Waals surface area contributed by atoms with E-state index in [-0.39, 0.29) is 17.6 Å². The Morgan fingerprint density at radius 1 is 1.44 bits per heavy atom. The van der Waals surface area contributed by atoms with Gasteiger partial charge in [0.2, 0.25) is 0 Å². The highest BCUT2D eigenvalue weighted by molar-refractivity contribution is 6.30. The fraction of sp³-hybridized carbons (Fsp3) is 0.643. The van der Waals surface area contributed by atoms with E-state index in [4.69, 9.17) is 16.3 Å². The maximum Gasteiger partial charge on any atom is 0.412 e. The van der Waals surface area contributed by atoms with Crippen molar-refractivity contribution in [3.8, 4) is 0 Å². The van der Waals surface area contributed by atoms with E-state index in [1.807, 2.05) is 20.8 Å². The minimum atomic E-state index is -0.382. The number of carbonyl (C=O) groups excluding carboxylic acids is 1. The summed E-state index contributed by atoms with van der Waals surface area (Å²) in [5, 5.41) is 3.46. The monoisotopic (exact) mass is 269 g/mol. The Hall–Kier alpha value is -0.960. The summed E-state index contributed by atoms with van der Waals surface area (Å²) < 4.78 is 5.40. The standard InChI is InChI=1S/C14H20ClNO2/c1-14(2,3)12(15)10-11(18-13(17)16-10)9-7-5-4-6-8-9/h4-5,9,11H,6-8H2,1-3H3,(H,16,17)/b12-10-. The number of ether oxygens (including phenoxy) is 1. The predicted molar refractivity (Wildman–Crippen MR) is 72.2 cm³/mol. The second kappa shape index (κ2) is 4.96. The number of allylic oxidation sites excluding steroid dienone is 3. The number of halogens is 1. The first-order chi connectivity index (χ1) is 8.39. The van der Waals surface area contributed by atoms with Crippen molar-refractivity contribution in [2.75, 3.05) is 0 Å². The lowest BCUT2D eigenvalue weighted by Gasteiger charge is -2.26. The minimum Gasteiger partial charge on any atom is -0.439 e. The molecule has 2 rings (SSSR count). The quantitative estimate of drug-likeness (QED) is 0.732. The minimum absolute atomic E-state index is 0.180. The third-order valence-electron chi connectivity index (χ3n) is 3.39. The molecule has 1 fully saturated rings. The second-order valence-corrected chi connectivity index (χ2v) is 6.35. The van der Waals surface area contributed by atoms with Crippen LogP contribution < -0.4 is 5.32 Å². The third-order valence-corrected chi connectivity index (χ3v) is 4.16. The molecule has 0 aromatic heterocycles. The van der Waals surface area contributed by atoms with E-state index in [0.29, 0.717) is 11.0 Å². The van der Waals surface area contributed by atoms with Crippen LogP contribution in [0.5, 0.6) is 0 Å². The van der Waals surface area contributed by atoms with Crippen molar-refractivity contribution in [2.24, 2.45) is 11.3 Å². The number of rotatable bonds is 1. The molecule has 1 aliphatic heterocycles. The van der Waals surface area contributed by atoms with E-state index in [9.17, 15) is 4.79 Å². The molecular formula is C14H20ClNO2. The van der Waals surface area contributed by atoms with Crippen LogP contribution in [0.25, 0.3) is 0 Å².